The lowest BCUT2D eigenvalue weighted by atomic mass is 9.87. The third-order valence-electron chi connectivity index (χ3n) is 5.27. The van der Waals surface area contributed by atoms with Crippen LogP contribution in [0.2, 0.25) is 0 Å². The van der Waals surface area contributed by atoms with Gasteiger partial charge in [0.25, 0.3) is 11.8 Å². The lowest BCUT2D eigenvalue weighted by Crippen LogP contribution is -2.74. The molecule has 2 heterocycles. The van der Waals surface area contributed by atoms with Crippen LogP contribution < -0.4 is 20.7 Å². The van der Waals surface area contributed by atoms with Gasteiger partial charge < -0.3 is 9.84 Å². The molecule has 0 bridgehead atoms. The third kappa shape index (κ3) is 4.45. The van der Waals surface area contributed by atoms with E-state index < -0.39 is 29.5 Å². The first kappa shape index (κ1) is 21.8. The highest BCUT2D eigenvalue weighted by molar-refractivity contribution is 6.23. The monoisotopic (exact) mass is 448 g/mol. The Kier molecular flexibility index (Phi) is 5.65. The number of aryl methyl sites for hydroxylation is 1. The van der Waals surface area contributed by atoms with Gasteiger partial charge in [0.1, 0.15) is 12.4 Å². The fourth-order valence-electron chi connectivity index (χ4n) is 3.74. The highest BCUT2D eigenvalue weighted by atomic mass is 16.5. The van der Waals surface area contributed by atoms with E-state index >= 15 is 0 Å². The number of urea groups is 1. The second-order valence-electron chi connectivity index (χ2n) is 7.62. The van der Waals surface area contributed by atoms with Crippen molar-refractivity contribution in [3.8, 4) is 5.75 Å². The average Bonchev–Trinajstić information content (AvgIpc) is 2.76. The van der Waals surface area contributed by atoms with Gasteiger partial charge in [0.2, 0.25) is 5.54 Å². The minimum Gasteiger partial charge on any atom is -0.489 e. The zero-order valence-corrected chi connectivity index (χ0v) is 17.5. The van der Waals surface area contributed by atoms with E-state index in [1.807, 2.05) is 53.2 Å². The average molecular weight is 448 g/mol. The second-order valence-corrected chi connectivity index (χ2v) is 7.62. The number of barbiturate groups is 1. The largest absolute Gasteiger partial charge is 0.489 e. The molecule has 1 fully saturated rings. The van der Waals surface area contributed by atoms with Crippen molar-refractivity contribution in [3.05, 3.63) is 71.4 Å². The van der Waals surface area contributed by atoms with Gasteiger partial charge in [0.05, 0.1) is 5.52 Å². The Morgan fingerprint density at radius 3 is 2.39 bits per heavy atom. The number of carboxylic acid groups (broad SMARTS) is 1. The molecule has 1 aliphatic rings. The Labute approximate surface area is 188 Å². The summed E-state index contributed by atoms with van der Waals surface area (Å²) in [6.45, 7) is 2.22. The normalized spacial score (nSPS) is 15.0. The molecule has 33 heavy (non-hydrogen) atoms. The van der Waals surface area contributed by atoms with Crippen molar-refractivity contribution in [2.75, 3.05) is 0 Å². The van der Waals surface area contributed by atoms with Gasteiger partial charge in [-0.15, -0.1) is 0 Å². The van der Waals surface area contributed by atoms with Crippen molar-refractivity contribution in [2.45, 2.75) is 25.5 Å². The third-order valence-corrected chi connectivity index (χ3v) is 5.27. The van der Waals surface area contributed by atoms with Crippen LogP contribution in [-0.2, 0) is 22.6 Å². The Balaban J connectivity index is 1.51. The van der Waals surface area contributed by atoms with Crippen LogP contribution in [0.4, 0.5) is 9.59 Å². The molecule has 0 unspecified atom stereocenters. The maximum absolute atomic E-state index is 12.4. The van der Waals surface area contributed by atoms with Crippen molar-refractivity contribution in [1.29, 1.82) is 0 Å². The Morgan fingerprint density at radius 1 is 1.06 bits per heavy atom. The van der Waals surface area contributed by atoms with Gasteiger partial charge in [-0.2, -0.15) is 0 Å². The van der Waals surface area contributed by atoms with Crippen LogP contribution in [0, 0.1) is 6.92 Å². The number of carbonyl (C=O) groups excluding carboxylic acids is 3. The van der Waals surface area contributed by atoms with Crippen LogP contribution in [0.25, 0.3) is 10.9 Å². The molecular formula is C23H20N4O6. The highest BCUT2D eigenvalue weighted by Gasteiger charge is 2.51. The van der Waals surface area contributed by atoms with Gasteiger partial charge >= 0.3 is 12.1 Å². The van der Waals surface area contributed by atoms with E-state index in [0.717, 1.165) is 22.2 Å². The van der Waals surface area contributed by atoms with Crippen LogP contribution in [-0.4, -0.2) is 39.6 Å². The number of para-hydroxylation sites is 1. The van der Waals surface area contributed by atoms with Crippen molar-refractivity contribution < 1.29 is 29.0 Å². The predicted molar refractivity (Wildman–Crippen MR) is 117 cm³/mol. The molecule has 2 aromatic carbocycles. The Hall–Kier alpha value is -4.47. The molecule has 3 aromatic rings. The molecule has 4 N–H and O–H groups in total. The number of hydrogen-bond donors (Lipinski definition) is 4. The summed E-state index contributed by atoms with van der Waals surface area (Å²) in [5.41, 5.74) is 1.05. The number of ether oxygens (including phenoxy) is 1. The van der Waals surface area contributed by atoms with Crippen molar-refractivity contribution >= 4 is 34.8 Å². The lowest BCUT2D eigenvalue weighted by Gasteiger charge is -2.33. The molecule has 4 rings (SSSR count). The summed E-state index contributed by atoms with van der Waals surface area (Å²) in [5, 5.41) is 15.9. The van der Waals surface area contributed by atoms with Gasteiger partial charge in [-0.05, 0) is 36.8 Å². The number of amides is 5. The molecule has 5 amide bonds. The van der Waals surface area contributed by atoms with Gasteiger partial charge in [-0.25, -0.2) is 9.59 Å². The van der Waals surface area contributed by atoms with E-state index in [9.17, 15) is 19.2 Å². The first-order valence-electron chi connectivity index (χ1n) is 10.0. The molecule has 1 aromatic heterocycles. The molecule has 10 nitrogen and oxygen atoms in total. The summed E-state index contributed by atoms with van der Waals surface area (Å²) < 4.78 is 5.91. The minimum atomic E-state index is -2.17. The number of benzene rings is 2. The molecule has 0 spiro atoms. The van der Waals surface area contributed by atoms with E-state index in [-0.39, 0.29) is 6.42 Å². The number of imide groups is 2. The maximum atomic E-state index is 12.4. The zero-order chi connectivity index (χ0) is 23.6. The van der Waals surface area contributed by atoms with E-state index in [0.29, 0.717) is 17.9 Å². The number of aromatic nitrogens is 1. The molecule has 0 saturated carbocycles. The van der Waals surface area contributed by atoms with Gasteiger partial charge in [0.15, 0.2) is 0 Å². The number of nitrogens with one attached hydrogen (secondary N) is 3. The van der Waals surface area contributed by atoms with E-state index in [1.165, 1.54) is 0 Å². The first-order chi connectivity index (χ1) is 15.8. The smallest absolute Gasteiger partial charge is 0.405 e. The minimum absolute atomic E-state index is 0.293. The molecule has 1 saturated heterocycles. The van der Waals surface area contributed by atoms with E-state index in [1.54, 1.807) is 24.3 Å². The number of carbonyl (C=O) groups is 4. The number of fused-ring (bicyclic) bond motifs is 1. The number of hydrogen-bond acceptors (Lipinski definition) is 6. The Bertz CT molecular complexity index is 1250. The second kappa shape index (κ2) is 8.58. The predicted octanol–water partition coefficient (Wildman–Crippen LogP) is 2.04. The van der Waals surface area contributed by atoms with Crippen LogP contribution in [0.15, 0.2) is 54.6 Å². The Morgan fingerprint density at radius 2 is 1.73 bits per heavy atom. The van der Waals surface area contributed by atoms with Crippen molar-refractivity contribution in [3.63, 3.8) is 0 Å². The molecule has 0 aliphatic carbocycles. The summed E-state index contributed by atoms with van der Waals surface area (Å²) in [7, 11) is 0. The fourth-order valence-corrected chi connectivity index (χ4v) is 3.74. The zero-order valence-electron chi connectivity index (χ0n) is 17.5. The summed E-state index contributed by atoms with van der Waals surface area (Å²) in [4.78, 5) is 51.9. The van der Waals surface area contributed by atoms with Gasteiger partial charge in [0, 0.05) is 23.1 Å². The molecule has 0 radical (unpaired) electrons. The van der Waals surface area contributed by atoms with Gasteiger partial charge in [-0.1, -0.05) is 30.3 Å². The first-order valence-corrected chi connectivity index (χ1v) is 10.0. The highest BCUT2D eigenvalue weighted by Crippen LogP contribution is 2.23. The quantitative estimate of drug-likeness (QED) is 0.422. The topological polar surface area (TPSA) is 147 Å². The van der Waals surface area contributed by atoms with Crippen LogP contribution in [0.5, 0.6) is 5.75 Å². The number of nitrogens with zero attached hydrogens (tertiary/aromatic N) is 1. The molecule has 1 aliphatic heterocycles. The van der Waals surface area contributed by atoms with Crippen LogP contribution in [0.3, 0.4) is 0 Å². The van der Waals surface area contributed by atoms with Crippen molar-refractivity contribution in [2.24, 2.45) is 0 Å². The van der Waals surface area contributed by atoms with Crippen molar-refractivity contribution in [1.82, 2.24) is 20.9 Å². The van der Waals surface area contributed by atoms with Crippen LogP contribution >= 0.6 is 0 Å². The number of rotatable bonds is 6. The SMILES string of the molecule is Cc1cc(COc2ccc(CC3(NC(=O)O)C(=O)NC(=O)NC3=O)cc2)c2ccccc2n1. The van der Waals surface area contributed by atoms with Crippen LogP contribution in [0.1, 0.15) is 16.8 Å². The van der Waals surface area contributed by atoms with Gasteiger partial charge in [-0.3, -0.25) is 30.5 Å². The standard InChI is InChI=1S/C23H20N4O6/c1-13-10-15(17-4-2-3-5-18(17)24-13)12-33-16-8-6-14(7-9-16)11-23(27-22(31)32)19(28)25-21(30)26-20(23)29/h2-10,27H,11-12H2,1H3,(H,31,32)(H2,25,26,28,29,30). The molecule has 0 atom stereocenters. The fraction of sp³-hybridized carbons (Fsp3) is 0.174. The molecule has 10 heteroatoms. The summed E-state index contributed by atoms with van der Waals surface area (Å²) in [5.74, 6) is -1.54. The summed E-state index contributed by atoms with van der Waals surface area (Å²) in [6.07, 6.45) is -1.87. The number of pyridine rings is 1. The van der Waals surface area contributed by atoms with E-state index in [4.69, 9.17) is 9.84 Å². The molecule has 168 valence electrons. The molecular weight excluding hydrogens is 428 g/mol. The van der Waals surface area contributed by atoms with E-state index in [2.05, 4.69) is 4.98 Å². The summed E-state index contributed by atoms with van der Waals surface area (Å²) in [6, 6.07) is 15.3. The summed E-state index contributed by atoms with van der Waals surface area (Å²) >= 11 is 0. The lowest BCUT2D eigenvalue weighted by molar-refractivity contribution is -0.139. The maximum Gasteiger partial charge on any atom is 0.405 e.